The Labute approximate surface area is 132 Å². The molecule has 1 fully saturated rings. The van der Waals surface area contributed by atoms with Gasteiger partial charge in [-0.05, 0) is 0 Å². The van der Waals surface area contributed by atoms with E-state index >= 15 is 0 Å². The molecular formula is C15H16N6O2. The summed E-state index contributed by atoms with van der Waals surface area (Å²) in [6.45, 7) is 3.06. The SMILES string of the molecule is COc1ncc(-c2cn3ccnc(N4CCOCC4)c3n2)cn1. The minimum absolute atomic E-state index is 0.341. The average molecular weight is 312 g/mol. The average Bonchev–Trinajstić information content (AvgIpc) is 3.06. The molecule has 1 aliphatic heterocycles. The number of imidazole rings is 1. The topological polar surface area (TPSA) is 77.7 Å². The summed E-state index contributed by atoms with van der Waals surface area (Å²) in [5, 5.41) is 0. The van der Waals surface area contributed by atoms with E-state index in [4.69, 9.17) is 14.5 Å². The molecule has 0 spiro atoms. The van der Waals surface area contributed by atoms with Crippen LogP contribution in [0.2, 0.25) is 0 Å². The first-order chi connectivity index (χ1) is 11.3. The molecule has 0 amide bonds. The molecule has 0 atom stereocenters. The molecule has 0 bridgehead atoms. The highest BCUT2D eigenvalue weighted by Crippen LogP contribution is 2.24. The van der Waals surface area contributed by atoms with Crippen molar-refractivity contribution in [1.82, 2.24) is 24.3 Å². The number of rotatable bonds is 3. The largest absolute Gasteiger partial charge is 0.467 e. The fourth-order valence-electron chi connectivity index (χ4n) is 2.60. The number of ether oxygens (including phenoxy) is 2. The van der Waals surface area contributed by atoms with Crippen LogP contribution in [-0.4, -0.2) is 57.7 Å². The molecule has 8 nitrogen and oxygen atoms in total. The molecule has 0 unspecified atom stereocenters. The number of fused-ring (bicyclic) bond motifs is 1. The van der Waals surface area contributed by atoms with Crippen molar-refractivity contribution < 1.29 is 9.47 Å². The van der Waals surface area contributed by atoms with Crippen LogP contribution in [0.1, 0.15) is 0 Å². The van der Waals surface area contributed by atoms with Gasteiger partial charge in [0.1, 0.15) is 0 Å². The molecule has 23 heavy (non-hydrogen) atoms. The first kappa shape index (κ1) is 13.9. The van der Waals surface area contributed by atoms with Crippen LogP contribution in [0.3, 0.4) is 0 Å². The molecule has 4 rings (SSSR count). The normalized spacial score (nSPS) is 15.1. The molecule has 0 saturated carbocycles. The number of aromatic nitrogens is 5. The molecule has 3 aromatic heterocycles. The van der Waals surface area contributed by atoms with Crippen molar-refractivity contribution in [3.8, 4) is 17.3 Å². The predicted octanol–water partition coefficient (Wildman–Crippen LogP) is 1.03. The van der Waals surface area contributed by atoms with Crippen molar-refractivity contribution >= 4 is 11.5 Å². The van der Waals surface area contributed by atoms with E-state index in [1.54, 1.807) is 25.7 Å². The molecule has 1 aliphatic rings. The molecule has 118 valence electrons. The number of hydrogen-bond donors (Lipinski definition) is 0. The number of methoxy groups -OCH3 is 1. The van der Waals surface area contributed by atoms with Crippen LogP contribution in [0.5, 0.6) is 6.01 Å². The van der Waals surface area contributed by atoms with Crippen molar-refractivity contribution in [3.05, 3.63) is 31.0 Å². The van der Waals surface area contributed by atoms with Gasteiger partial charge in [0.05, 0.1) is 26.0 Å². The molecule has 0 aromatic carbocycles. The molecule has 0 radical (unpaired) electrons. The van der Waals surface area contributed by atoms with E-state index in [0.29, 0.717) is 19.2 Å². The van der Waals surface area contributed by atoms with E-state index in [1.165, 1.54) is 0 Å². The van der Waals surface area contributed by atoms with Crippen LogP contribution in [0, 0.1) is 0 Å². The van der Waals surface area contributed by atoms with Crippen molar-refractivity contribution in [2.45, 2.75) is 0 Å². The van der Waals surface area contributed by atoms with Crippen molar-refractivity contribution in [3.63, 3.8) is 0 Å². The molecule has 1 saturated heterocycles. The zero-order valence-corrected chi connectivity index (χ0v) is 12.7. The van der Waals surface area contributed by atoms with Crippen LogP contribution >= 0.6 is 0 Å². The Balaban J connectivity index is 1.74. The Hall–Kier alpha value is -2.74. The highest BCUT2D eigenvalue weighted by atomic mass is 16.5. The number of morpholine rings is 1. The summed E-state index contributed by atoms with van der Waals surface area (Å²) in [5.74, 6) is 0.872. The molecular weight excluding hydrogens is 296 g/mol. The molecule has 3 aromatic rings. The lowest BCUT2D eigenvalue weighted by Gasteiger charge is -2.27. The molecule has 0 N–H and O–H groups in total. The van der Waals surface area contributed by atoms with Crippen LogP contribution in [0.15, 0.2) is 31.0 Å². The van der Waals surface area contributed by atoms with Gasteiger partial charge in [-0.25, -0.2) is 19.9 Å². The first-order valence-electron chi connectivity index (χ1n) is 7.38. The highest BCUT2D eigenvalue weighted by Gasteiger charge is 2.17. The number of nitrogens with zero attached hydrogens (tertiary/aromatic N) is 6. The van der Waals surface area contributed by atoms with Gasteiger partial charge in [-0.15, -0.1) is 0 Å². The predicted molar refractivity (Wildman–Crippen MR) is 83.6 cm³/mol. The van der Waals surface area contributed by atoms with Crippen LogP contribution < -0.4 is 9.64 Å². The maximum atomic E-state index is 5.40. The third-order valence-corrected chi connectivity index (χ3v) is 3.77. The van der Waals surface area contributed by atoms with Crippen LogP contribution in [-0.2, 0) is 4.74 Å². The Bertz CT molecular complexity index is 810. The number of hydrogen-bond acceptors (Lipinski definition) is 7. The second kappa shape index (κ2) is 5.81. The van der Waals surface area contributed by atoms with Gasteiger partial charge in [0.2, 0.25) is 0 Å². The van der Waals surface area contributed by atoms with Gasteiger partial charge in [0.25, 0.3) is 0 Å². The summed E-state index contributed by atoms with van der Waals surface area (Å²) in [4.78, 5) is 19.7. The summed E-state index contributed by atoms with van der Waals surface area (Å²) >= 11 is 0. The Morgan fingerprint density at radius 2 is 1.91 bits per heavy atom. The van der Waals surface area contributed by atoms with Gasteiger partial charge < -0.3 is 18.8 Å². The fraction of sp³-hybridized carbons (Fsp3) is 0.333. The quantitative estimate of drug-likeness (QED) is 0.715. The zero-order chi connectivity index (χ0) is 15.6. The number of anilines is 1. The van der Waals surface area contributed by atoms with Gasteiger partial charge in [0.15, 0.2) is 11.5 Å². The molecule has 4 heterocycles. The zero-order valence-electron chi connectivity index (χ0n) is 12.7. The molecule has 8 heteroatoms. The van der Waals surface area contributed by atoms with E-state index in [9.17, 15) is 0 Å². The highest BCUT2D eigenvalue weighted by molar-refractivity contribution is 5.70. The summed E-state index contributed by atoms with van der Waals surface area (Å²) in [6.07, 6.45) is 9.03. The van der Waals surface area contributed by atoms with E-state index in [2.05, 4.69) is 19.9 Å². The van der Waals surface area contributed by atoms with Gasteiger partial charge in [-0.3, -0.25) is 0 Å². The van der Waals surface area contributed by atoms with Crippen molar-refractivity contribution in [2.75, 3.05) is 38.3 Å². The van der Waals surface area contributed by atoms with Crippen molar-refractivity contribution in [2.24, 2.45) is 0 Å². The lowest BCUT2D eigenvalue weighted by atomic mass is 10.3. The van der Waals surface area contributed by atoms with Crippen LogP contribution in [0.4, 0.5) is 5.82 Å². The Morgan fingerprint density at radius 1 is 1.13 bits per heavy atom. The summed E-state index contributed by atoms with van der Waals surface area (Å²) in [7, 11) is 1.54. The second-order valence-electron chi connectivity index (χ2n) is 5.17. The van der Waals surface area contributed by atoms with Gasteiger partial charge in [0, 0.05) is 49.6 Å². The monoisotopic (exact) mass is 312 g/mol. The van der Waals surface area contributed by atoms with Gasteiger partial charge in [-0.2, -0.15) is 0 Å². The first-order valence-corrected chi connectivity index (χ1v) is 7.38. The summed E-state index contributed by atoms with van der Waals surface area (Å²) < 4.78 is 12.4. The Morgan fingerprint density at radius 3 is 2.65 bits per heavy atom. The fourth-order valence-corrected chi connectivity index (χ4v) is 2.60. The van der Waals surface area contributed by atoms with Crippen molar-refractivity contribution in [1.29, 1.82) is 0 Å². The Kier molecular flexibility index (Phi) is 3.51. The van der Waals surface area contributed by atoms with Gasteiger partial charge >= 0.3 is 6.01 Å². The minimum Gasteiger partial charge on any atom is -0.467 e. The van der Waals surface area contributed by atoms with E-state index in [-0.39, 0.29) is 0 Å². The van der Waals surface area contributed by atoms with E-state index in [0.717, 1.165) is 35.8 Å². The summed E-state index contributed by atoms with van der Waals surface area (Å²) in [6, 6.07) is 0.341. The third-order valence-electron chi connectivity index (χ3n) is 3.77. The van der Waals surface area contributed by atoms with Crippen LogP contribution in [0.25, 0.3) is 16.9 Å². The minimum atomic E-state index is 0.341. The maximum Gasteiger partial charge on any atom is 0.316 e. The lowest BCUT2D eigenvalue weighted by Crippen LogP contribution is -2.37. The second-order valence-corrected chi connectivity index (χ2v) is 5.17. The standard InChI is InChI=1S/C15H16N6O2/c1-22-15-17-8-11(9-18-15)12-10-21-3-2-16-13(14(21)19-12)20-4-6-23-7-5-20/h2-3,8-10H,4-7H2,1H3. The van der Waals surface area contributed by atoms with Gasteiger partial charge in [-0.1, -0.05) is 0 Å². The maximum absolute atomic E-state index is 5.40. The lowest BCUT2D eigenvalue weighted by molar-refractivity contribution is 0.122. The van der Waals surface area contributed by atoms with E-state index in [1.807, 2.05) is 16.8 Å². The smallest absolute Gasteiger partial charge is 0.316 e. The summed E-state index contributed by atoms with van der Waals surface area (Å²) in [5.41, 5.74) is 2.46. The van der Waals surface area contributed by atoms with E-state index < -0.39 is 0 Å². The molecule has 0 aliphatic carbocycles. The third kappa shape index (κ3) is 2.57.